The molecule has 0 bridgehead atoms. The first-order valence-corrected chi connectivity index (χ1v) is 7.31. The van der Waals surface area contributed by atoms with E-state index in [-0.39, 0.29) is 11.7 Å². The molecule has 2 saturated carbocycles. The SMILES string of the molecule is Cc1cccc(S(=O)(=O)[C@]23C[C@H]2CCC3=O)c1. The summed E-state index contributed by atoms with van der Waals surface area (Å²) in [5.41, 5.74) is 0.908. The number of fused-ring (bicyclic) bond motifs is 1. The van der Waals surface area contributed by atoms with Gasteiger partial charge in [0.25, 0.3) is 0 Å². The van der Waals surface area contributed by atoms with E-state index in [1.165, 1.54) is 0 Å². The molecule has 3 rings (SSSR count). The zero-order valence-corrected chi connectivity index (χ0v) is 10.5. The fourth-order valence-electron chi connectivity index (χ4n) is 2.97. The number of ketones is 1. The second kappa shape index (κ2) is 3.19. The molecule has 0 aromatic heterocycles. The molecule has 2 aliphatic rings. The summed E-state index contributed by atoms with van der Waals surface area (Å²) in [6, 6.07) is 6.84. The molecule has 0 N–H and O–H groups in total. The summed E-state index contributed by atoms with van der Waals surface area (Å²) in [6.07, 6.45) is 1.70. The first-order chi connectivity index (χ1) is 7.98. The van der Waals surface area contributed by atoms with Crippen LogP contribution in [0.2, 0.25) is 0 Å². The molecular weight excluding hydrogens is 236 g/mol. The van der Waals surface area contributed by atoms with Crippen LogP contribution in [-0.2, 0) is 14.6 Å². The van der Waals surface area contributed by atoms with E-state index < -0.39 is 14.6 Å². The Hall–Kier alpha value is -1.16. The Labute approximate surface area is 101 Å². The lowest BCUT2D eigenvalue weighted by molar-refractivity contribution is -0.118. The fourth-order valence-corrected chi connectivity index (χ4v) is 5.37. The Morgan fingerprint density at radius 2 is 2.12 bits per heavy atom. The molecule has 2 fully saturated rings. The van der Waals surface area contributed by atoms with Crippen LogP contribution in [-0.4, -0.2) is 18.9 Å². The van der Waals surface area contributed by atoms with Gasteiger partial charge in [-0.05, 0) is 43.4 Å². The van der Waals surface area contributed by atoms with E-state index in [1.54, 1.807) is 18.2 Å². The van der Waals surface area contributed by atoms with E-state index in [0.717, 1.165) is 12.0 Å². The van der Waals surface area contributed by atoms with Crippen LogP contribution in [0.5, 0.6) is 0 Å². The smallest absolute Gasteiger partial charge is 0.191 e. The van der Waals surface area contributed by atoms with Crippen molar-refractivity contribution in [3.63, 3.8) is 0 Å². The van der Waals surface area contributed by atoms with Gasteiger partial charge in [-0.15, -0.1) is 0 Å². The summed E-state index contributed by atoms with van der Waals surface area (Å²) in [5, 5.41) is 0. The van der Waals surface area contributed by atoms with Gasteiger partial charge in [-0.3, -0.25) is 4.79 Å². The maximum absolute atomic E-state index is 12.5. The maximum Gasteiger partial charge on any atom is 0.191 e. The average Bonchev–Trinajstić information content (AvgIpc) is 2.95. The average molecular weight is 250 g/mol. The van der Waals surface area contributed by atoms with Gasteiger partial charge in [-0.1, -0.05) is 12.1 Å². The van der Waals surface area contributed by atoms with E-state index in [2.05, 4.69) is 0 Å². The lowest BCUT2D eigenvalue weighted by Crippen LogP contribution is -2.31. The Morgan fingerprint density at radius 3 is 2.65 bits per heavy atom. The van der Waals surface area contributed by atoms with E-state index in [4.69, 9.17) is 0 Å². The summed E-state index contributed by atoms with van der Waals surface area (Å²) >= 11 is 0. The molecule has 4 heteroatoms. The minimum atomic E-state index is -3.49. The second-order valence-electron chi connectivity index (χ2n) is 5.07. The van der Waals surface area contributed by atoms with Crippen molar-refractivity contribution in [2.24, 2.45) is 5.92 Å². The molecule has 0 radical (unpaired) electrons. The van der Waals surface area contributed by atoms with Crippen LogP contribution in [0.25, 0.3) is 0 Å². The topological polar surface area (TPSA) is 51.2 Å². The van der Waals surface area contributed by atoms with Crippen molar-refractivity contribution in [1.29, 1.82) is 0 Å². The van der Waals surface area contributed by atoms with Gasteiger partial charge < -0.3 is 0 Å². The number of benzene rings is 1. The zero-order chi connectivity index (χ0) is 12.3. The van der Waals surface area contributed by atoms with Gasteiger partial charge in [0.1, 0.15) is 4.75 Å². The van der Waals surface area contributed by atoms with Crippen molar-refractivity contribution >= 4 is 15.6 Å². The van der Waals surface area contributed by atoms with Crippen LogP contribution in [0.3, 0.4) is 0 Å². The molecule has 2 atom stereocenters. The number of carbonyl (C=O) groups is 1. The van der Waals surface area contributed by atoms with Gasteiger partial charge in [-0.2, -0.15) is 0 Å². The van der Waals surface area contributed by atoms with Gasteiger partial charge in [0.15, 0.2) is 15.6 Å². The summed E-state index contributed by atoms with van der Waals surface area (Å²) in [6.45, 7) is 1.86. The maximum atomic E-state index is 12.5. The highest BCUT2D eigenvalue weighted by molar-refractivity contribution is 7.94. The van der Waals surface area contributed by atoms with E-state index in [9.17, 15) is 13.2 Å². The van der Waals surface area contributed by atoms with Gasteiger partial charge in [-0.25, -0.2) is 8.42 Å². The van der Waals surface area contributed by atoms with Crippen molar-refractivity contribution in [2.75, 3.05) is 0 Å². The normalized spacial score (nSPS) is 31.4. The lowest BCUT2D eigenvalue weighted by Gasteiger charge is -2.13. The van der Waals surface area contributed by atoms with Crippen LogP contribution < -0.4 is 0 Å². The number of hydrogen-bond acceptors (Lipinski definition) is 3. The molecule has 0 unspecified atom stereocenters. The number of hydrogen-bond donors (Lipinski definition) is 0. The molecular formula is C13H14O3S. The summed E-state index contributed by atoms with van der Waals surface area (Å²) in [7, 11) is -3.49. The van der Waals surface area contributed by atoms with Crippen molar-refractivity contribution in [3.05, 3.63) is 29.8 Å². The van der Waals surface area contributed by atoms with Gasteiger partial charge in [0.2, 0.25) is 0 Å². The minimum absolute atomic E-state index is 0.0699. The molecule has 1 aromatic rings. The monoisotopic (exact) mass is 250 g/mol. The van der Waals surface area contributed by atoms with Gasteiger partial charge in [0, 0.05) is 6.42 Å². The largest absolute Gasteiger partial charge is 0.298 e. The highest BCUT2D eigenvalue weighted by Gasteiger charge is 2.71. The predicted octanol–water partition coefficient (Wildman–Crippen LogP) is 1.89. The molecule has 2 aliphatic carbocycles. The Morgan fingerprint density at radius 1 is 1.35 bits per heavy atom. The Kier molecular flexibility index (Phi) is 2.06. The highest BCUT2D eigenvalue weighted by atomic mass is 32.2. The van der Waals surface area contributed by atoms with E-state index >= 15 is 0 Å². The van der Waals surface area contributed by atoms with Crippen LogP contribution in [0.1, 0.15) is 24.8 Å². The summed E-state index contributed by atoms with van der Waals surface area (Å²) < 4.78 is 24.0. The summed E-state index contributed by atoms with van der Waals surface area (Å²) in [4.78, 5) is 12.2. The Balaban J connectivity index is 2.12. The quantitative estimate of drug-likeness (QED) is 0.805. The van der Waals surface area contributed by atoms with Crippen LogP contribution in [0.15, 0.2) is 29.2 Å². The van der Waals surface area contributed by atoms with E-state index in [1.807, 2.05) is 13.0 Å². The first kappa shape index (κ1) is 11.0. The third kappa shape index (κ3) is 1.27. The number of rotatable bonds is 2. The summed E-state index contributed by atoms with van der Waals surface area (Å²) in [5.74, 6) is -0.00971. The zero-order valence-electron chi connectivity index (χ0n) is 9.64. The number of sulfone groups is 1. The van der Waals surface area contributed by atoms with Crippen molar-refractivity contribution in [2.45, 2.75) is 35.8 Å². The van der Waals surface area contributed by atoms with Gasteiger partial charge in [0.05, 0.1) is 4.90 Å². The molecule has 0 aliphatic heterocycles. The molecule has 17 heavy (non-hydrogen) atoms. The van der Waals surface area contributed by atoms with Crippen LogP contribution >= 0.6 is 0 Å². The Bertz CT molecular complexity index is 603. The molecule has 3 nitrogen and oxygen atoms in total. The molecule has 90 valence electrons. The van der Waals surface area contributed by atoms with Crippen LogP contribution in [0, 0.1) is 12.8 Å². The van der Waals surface area contributed by atoms with Gasteiger partial charge >= 0.3 is 0 Å². The molecule has 0 heterocycles. The van der Waals surface area contributed by atoms with Crippen LogP contribution in [0.4, 0.5) is 0 Å². The van der Waals surface area contributed by atoms with Crippen molar-refractivity contribution in [1.82, 2.24) is 0 Å². The molecule has 0 spiro atoms. The number of Topliss-reactive ketones (excluding diaryl/α,β-unsaturated/α-hetero) is 1. The number of carbonyl (C=O) groups excluding carboxylic acids is 1. The molecule has 0 amide bonds. The molecule has 1 aromatic carbocycles. The highest BCUT2D eigenvalue weighted by Crippen LogP contribution is 2.60. The predicted molar refractivity (Wildman–Crippen MR) is 63.4 cm³/mol. The number of aryl methyl sites for hydroxylation is 1. The second-order valence-corrected chi connectivity index (χ2v) is 7.28. The first-order valence-electron chi connectivity index (χ1n) is 5.83. The third-order valence-electron chi connectivity index (χ3n) is 4.02. The third-order valence-corrected chi connectivity index (χ3v) is 6.58. The van der Waals surface area contributed by atoms with Crippen molar-refractivity contribution < 1.29 is 13.2 Å². The fraction of sp³-hybridized carbons (Fsp3) is 0.462. The standard InChI is InChI=1S/C13H14O3S/c1-9-3-2-4-11(7-9)17(15,16)13-8-10(13)5-6-12(13)14/h2-4,7,10H,5-6,8H2,1H3/t10-,13-/m1/s1. The van der Waals surface area contributed by atoms with E-state index in [0.29, 0.717) is 17.7 Å². The molecule has 0 saturated heterocycles. The minimum Gasteiger partial charge on any atom is -0.298 e. The lowest BCUT2D eigenvalue weighted by atomic mass is 10.2. The van der Waals surface area contributed by atoms with Crippen molar-refractivity contribution in [3.8, 4) is 0 Å².